The Labute approximate surface area is 159 Å². The maximum absolute atomic E-state index is 12.3. The van der Waals surface area contributed by atoms with E-state index in [1.54, 1.807) is 19.2 Å². The van der Waals surface area contributed by atoms with Gasteiger partial charge in [0.15, 0.2) is 12.1 Å². The number of aryl methyl sites for hydroxylation is 1. The number of rotatable bonds is 6. The van der Waals surface area contributed by atoms with Crippen LogP contribution in [0.3, 0.4) is 0 Å². The van der Waals surface area contributed by atoms with Crippen molar-refractivity contribution in [2.45, 2.75) is 11.9 Å². The van der Waals surface area contributed by atoms with Gasteiger partial charge in [0, 0.05) is 5.39 Å². The van der Waals surface area contributed by atoms with Crippen LogP contribution in [0.2, 0.25) is 0 Å². The summed E-state index contributed by atoms with van der Waals surface area (Å²) in [4.78, 5) is 33.0. The summed E-state index contributed by atoms with van der Waals surface area (Å²) in [6.45, 7) is 1.82. The Balaban J connectivity index is 0.00000117. The lowest BCUT2D eigenvalue weighted by molar-refractivity contribution is 0.102. The highest BCUT2D eigenvalue weighted by molar-refractivity contribution is 8.00. The predicted octanol–water partition coefficient (Wildman–Crippen LogP) is 3.37. The summed E-state index contributed by atoms with van der Waals surface area (Å²) < 4.78 is 5.25. The van der Waals surface area contributed by atoms with Crippen LogP contribution in [0, 0.1) is 6.92 Å². The molecule has 0 atom stereocenters. The van der Waals surface area contributed by atoms with E-state index < -0.39 is 0 Å². The number of benzene rings is 1. The molecule has 2 heterocycles. The molecule has 0 unspecified atom stereocenters. The molecule has 0 saturated carbocycles. The Morgan fingerprint density at radius 3 is 2.69 bits per heavy atom. The smallest absolute Gasteiger partial charge is 0.183 e. The molecular weight excluding hydrogens is 370 g/mol. The first-order valence-electron chi connectivity index (χ1n) is 7.72. The second kappa shape index (κ2) is 9.42. The average Bonchev–Trinajstić information content (AvgIpc) is 3.16. The average molecular weight is 390 g/mol. The van der Waals surface area contributed by atoms with E-state index in [0.29, 0.717) is 15.6 Å². The SMILES string of the molecule is CN.COc1ccc2nc(C)nc(SCC(=O)c3ccc(C=O)s3)c2c1. The molecule has 0 saturated heterocycles. The van der Waals surface area contributed by atoms with Crippen molar-refractivity contribution in [1.82, 2.24) is 9.97 Å². The molecule has 0 aliphatic heterocycles. The topological polar surface area (TPSA) is 95.2 Å². The van der Waals surface area contributed by atoms with Crippen molar-refractivity contribution in [2.24, 2.45) is 5.73 Å². The molecule has 0 amide bonds. The van der Waals surface area contributed by atoms with Crippen molar-refractivity contribution in [3.05, 3.63) is 45.9 Å². The van der Waals surface area contributed by atoms with Gasteiger partial charge in [-0.3, -0.25) is 9.59 Å². The van der Waals surface area contributed by atoms with Gasteiger partial charge >= 0.3 is 0 Å². The van der Waals surface area contributed by atoms with Crippen molar-refractivity contribution < 1.29 is 14.3 Å². The van der Waals surface area contributed by atoms with Crippen molar-refractivity contribution in [3.8, 4) is 5.75 Å². The third kappa shape index (κ3) is 4.66. The summed E-state index contributed by atoms with van der Waals surface area (Å²) in [7, 11) is 3.11. The molecule has 136 valence electrons. The Morgan fingerprint density at radius 2 is 2.04 bits per heavy atom. The highest BCUT2D eigenvalue weighted by atomic mass is 32.2. The van der Waals surface area contributed by atoms with Crippen LogP contribution in [0.1, 0.15) is 25.2 Å². The number of nitrogens with zero attached hydrogens (tertiary/aromatic N) is 2. The molecule has 3 rings (SSSR count). The largest absolute Gasteiger partial charge is 0.497 e. The van der Waals surface area contributed by atoms with E-state index in [9.17, 15) is 9.59 Å². The van der Waals surface area contributed by atoms with Gasteiger partial charge in [0.1, 0.15) is 16.6 Å². The minimum Gasteiger partial charge on any atom is -0.497 e. The lowest BCUT2D eigenvalue weighted by Gasteiger charge is -2.07. The van der Waals surface area contributed by atoms with E-state index in [0.717, 1.165) is 28.0 Å². The first-order valence-corrected chi connectivity index (χ1v) is 9.52. The van der Waals surface area contributed by atoms with Crippen molar-refractivity contribution in [2.75, 3.05) is 19.9 Å². The van der Waals surface area contributed by atoms with E-state index in [1.165, 1.54) is 30.1 Å². The molecule has 8 heteroatoms. The number of thiophene rings is 1. The molecule has 0 bridgehead atoms. The summed E-state index contributed by atoms with van der Waals surface area (Å²) in [5.74, 6) is 1.60. The Morgan fingerprint density at radius 1 is 1.27 bits per heavy atom. The van der Waals surface area contributed by atoms with Crippen LogP contribution in [0.5, 0.6) is 5.75 Å². The van der Waals surface area contributed by atoms with Crippen LogP contribution in [0.15, 0.2) is 35.4 Å². The number of aromatic nitrogens is 2. The van der Waals surface area contributed by atoms with E-state index in [1.807, 2.05) is 25.1 Å². The van der Waals surface area contributed by atoms with E-state index in [-0.39, 0.29) is 11.5 Å². The molecule has 6 nitrogen and oxygen atoms in total. The molecule has 2 aromatic heterocycles. The number of carbonyl (C=O) groups is 2. The molecule has 0 aliphatic carbocycles. The van der Waals surface area contributed by atoms with Gasteiger partial charge in [-0.05, 0) is 44.3 Å². The Hall–Kier alpha value is -2.29. The Bertz CT molecular complexity index is 925. The highest BCUT2D eigenvalue weighted by Crippen LogP contribution is 2.29. The second-order valence-corrected chi connectivity index (χ2v) is 7.07. The fraction of sp³-hybridized carbons (Fsp3) is 0.222. The molecule has 0 radical (unpaired) electrons. The zero-order valence-corrected chi connectivity index (χ0v) is 16.3. The molecule has 1 aromatic carbocycles. The molecule has 3 aromatic rings. The van der Waals surface area contributed by atoms with Gasteiger partial charge in [0.2, 0.25) is 0 Å². The van der Waals surface area contributed by atoms with Gasteiger partial charge < -0.3 is 10.5 Å². The minimum absolute atomic E-state index is 0.0228. The van der Waals surface area contributed by atoms with E-state index in [2.05, 4.69) is 15.7 Å². The first-order chi connectivity index (χ1) is 12.6. The van der Waals surface area contributed by atoms with Gasteiger partial charge in [-0.25, -0.2) is 9.97 Å². The van der Waals surface area contributed by atoms with Crippen LogP contribution in [-0.2, 0) is 0 Å². The van der Waals surface area contributed by atoms with Crippen LogP contribution < -0.4 is 10.5 Å². The molecule has 26 heavy (non-hydrogen) atoms. The number of carbonyl (C=O) groups excluding carboxylic acids is 2. The quantitative estimate of drug-likeness (QED) is 0.299. The fourth-order valence-corrected chi connectivity index (χ4v) is 3.99. The maximum Gasteiger partial charge on any atom is 0.183 e. The van der Waals surface area contributed by atoms with Gasteiger partial charge in [-0.2, -0.15) is 0 Å². The fourth-order valence-electron chi connectivity index (χ4n) is 2.20. The first kappa shape index (κ1) is 20.0. The molecule has 2 N–H and O–H groups in total. The van der Waals surface area contributed by atoms with Crippen LogP contribution in [0.4, 0.5) is 0 Å². The van der Waals surface area contributed by atoms with Crippen molar-refractivity contribution >= 4 is 46.1 Å². The molecular formula is C18H19N3O3S2. The number of hydrogen-bond acceptors (Lipinski definition) is 8. The number of aldehydes is 1. The summed E-state index contributed by atoms with van der Waals surface area (Å²) in [5, 5.41) is 1.61. The van der Waals surface area contributed by atoms with E-state index in [4.69, 9.17) is 4.74 Å². The second-order valence-electron chi connectivity index (χ2n) is 4.99. The highest BCUT2D eigenvalue weighted by Gasteiger charge is 2.13. The molecule has 0 spiro atoms. The Kier molecular flexibility index (Phi) is 7.26. The van der Waals surface area contributed by atoms with Crippen molar-refractivity contribution in [1.29, 1.82) is 0 Å². The number of fused-ring (bicyclic) bond motifs is 1. The number of thioether (sulfide) groups is 1. The van der Waals surface area contributed by atoms with Crippen LogP contribution >= 0.6 is 23.1 Å². The number of hydrogen-bond donors (Lipinski definition) is 1. The zero-order valence-electron chi connectivity index (χ0n) is 14.7. The number of ether oxygens (including phenoxy) is 1. The van der Waals surface area contributed by atoms with Gasteiger partial charge in [-0.15, -0.1) is 11.3 Å². The predicted molar refractivity (Wildman–Crippen MR) is 106 cm³/mol. The lowest BCUT2D eigenvalue weighted by Crippen LogP contribution is -2.01. The summed E-state index contributed by atoms with van der Waals surface area (Å²) >= 11 is 2.57. The summed E-state index contributed by atoms with van der Waals surface area (Å²) in [5.41, 5.74) is 5.32. The zero-order chi connectivity index (χ0) is 19.1. The third-order valence-corrected chi connectivity index (χ3v) is 5.38. The van der Waals surface area contributed by atoms with E-state index >= 15 is 0 Å². The normalized spacial score (nSPS) is 10.2. The summed E-state index contributed by atoms with van der Waals surface area (Å²) in [6, 6.07) is 8.94. The standard InChI is InChI=1S/C17H14N2O3S2.CH5N/c1-10-18-14-5-3-11(22-2)7-13(14)17(19-10)23-9-15(21)16-6-4-12(8-20)24-16;1-2/h3-8H,9H2,1-2H3;2H2,1H3. The van der Waals surface area contributed by atoms with Crippen LogP contribution in [0.25, 0.3) is 10.9 Å². The van der Waals surface area contributed by atoms with Crippen molar-refractivity contribution in [3.63, 3.8) is 0 Å². The third-order valence-electron chi connectivity index (χ3n) is 3.34. The maximum atomic E-state index is 12.3. The molecule has 0 aliphatic rings. The monoisotopic (exact) mass is 389 g/mol. The number of ketones is 1. The van der Waals surface area contributed by atoms with Crippen LogP contribution in [-0.4, -0.2) is 41.9 Å². The van der Waals surface area contributed by atoms with Gasteiger partial charge in [-0.1, -0.05) is 11.8 Å². The summed E-state index contributed by atoms with van der Waals surface area (Å²) in [6.07, 6.45) is 0.752. The lowest BCUT2D eigenvalue weighted by atomic mass is 10.2. The van der Waals surface area contributed by atoms with Gasteiger partial charge in [0.05, 0.1) is 28.1 Å². The number of methoxy groups -OCH3 is 1. The molecule has 0 fully saturated rings. The minimum atomic E-state index is -0.0228. The number of nitrogens with two attached hydrogens (primary N) is 1. The number of Topliss-reactive ketones (excluding diaryl/α,β-unsaturated/α-hetero) is 1. The van der Waals surface area contributed by atoms with Gasteiger partial charge in [0.25, 0.3) is 0 Å².